The van der Waals surface area contributed by atoms with E-state index >= 15 is 0 Å². The molecule has 0 rings (SSSR count). The van der Waals surface area contributed by atoms with E-state index in [2.05, 4.69) is 20.8 Å². The summed E-state index contributed by atoms with van der Waals surface area (Å²) in [6, 6.07) is -0.347. The smallest absolute Gasteiger partial charge is 0.363 e. The minimum Gasteiger partial charge on any atom is -0.477 e. The number of likely N-dealkylation sites (N-methyl/N-ethyl adjacent to an activating group) is 1. The van der Waals surface area contributed by atoms with Gasteiger partial charge in [-0.3, -0.25) is 0 Å². The van der Waals surface area contributed by atoms with Gasteiger partial charge in [0.25, 0.3) is 0 Å². The van der Waals surface area contributed by atoms with E-state index in [4.69, 9.17) is 0 Å². The topological polar surface area (TPSA) is 37.3 Å². The van der Waals surface area contributed by atoms with Gasteiger partial charge in [0.15, 0.2) is 6.04 Å². The number of unbranched alkanes of at least 4 members (excludes halogenated alkanes) is 10. The Kier molecular flexibility index (Phi) is 11.6. The highest BCUT2D eigenvalue weighted by atomic mass is 16.4. The van der Waals surface area contributed by atoms with Crippen LogP contribution in [0.25, 0.3) is 0 Å². The van der Waals surface area contributed by atoms with Crippen LogP contribution in [0.2, 0.25) is 0 Å². The molecule has 0 amide bonds. The molecule has 0 saturated carbocycles. The lowest BCUT2D eigenvalue weighted by molar-refractivity contribution is -0.894. The van der Waals surface area contributed by atoms with Gasteiger partial charge in [0, 0.05) is 5.41 Å². The lowest BCUT2D eigenvalue weighted by Crippen LogP contribution is -2.57. The van der Waals surface area contributed by atoms with E-state index in [1.54, 1.807) is 0 Å². The minimum absolute atomic E-state index is 0.163. The summed E-state index contributed by atoms with van der Waals surface area (Å²) in [7, 11) is 5.96. The van der Waals surface area contributed by atoms with Crippen LogP contribution in [0, 0.1) is 5.41 Å². The van der Waals surface area contributed by atoms with Gasteiger partial charge in [0.1, 0.15) is 0 Å². The molecule has 0 bridgehead atoms. The second kappa shape index (κ2) is 11.9. The van der Waals surface area contributed by atoms with E-state index in [0.717, 1.165) is 12.8 Å². The first-order valence-corrected chi connectivity index (χ1v) is 10.2. The average Bonchev–Trinajstić information content (AvgIpc) is 2.42. The van der Waals surface area contributed by atoms with Crippen molar-refractivity contribution in [1.82, 2.24) is 0 Å². The lowest BCUT2D eigenvalue weighted by Gasteiger charge is -2.41. The predicted molar refractivity (Wildman–Crippen MR) is 104 cm³/mol. The second-order valence-electron chi connectivity index (χ2n) is 9.13. The van der Waals surface area contributed by atoms with Gasteiger partial charge in [-0.2, -0.15) is 0 Å². The largest absolute Gasteiger partial charge is 0.477 e. The molecule has 0 saturated heterocycles. The third kappa shape index (κ3) is 10.3. The Morgan fingerprint density at radius 3 is 1.54 bits per heavy atom. The van der Waals surface area contributed by atoms with Crippen molar-refractivity contribution in [1.29, 1.82) is 0 Å². The van der Waals surface area contributed by atoms with Crippen molar-refractivity contribution in [3.63, 3.8) is 0 Å². The quantitative estimate of drug-likeness (QED) is 0.298. The standard InChI is InChI=1S/C21H43NO2/c1-7-8-9-10-11-12-13-14-15-16-17-18-21(2,3)19(20(23)24)22(4,5)6/h19H,7-18H2,1-6H3/p+1. The molecule has 0 aromatic rings. The highest BCUT2D eigenvalue weighted by Gasteiger charge is 2.44. The molecule has 0 heterocycles. The number of nitrogens with zero attached hydrogens (tertiary/aromatic N) is 1. The van der Waals surface area contributed by atoms with Crippen LogP contribution in [0.1, 0.15) is 97.8 Å². The highest BCUT2D eigenvalue weighted by molar-refractivity contribution is 5.73. The summed E-state index contributed by atoms with van der Waals surface area (Å²) >= 11 is 0. The summed E-state index contributed by atoms with van der Waals surface area (Å²) in [4.78, 5) is 11.7. The Labute approximate surface area is 151 Å². The van der Waals surface area contributed by atoms with Gasteiger partial charge in [0.05, 0.1) is 21.1 Å². The Bertz CT molecular complexity index is 331. The first-order chi connectivity index (χ1) is 11.1. The molecule has 1 N–H and O–H groups in total. The summed E-state index contributed by atoms with van der Waals surface area (Å²) in [6.07, 6.45) is 15.7. The fourth-order valence-corrected chi connectivity index (χ4v) is 4.10. The van der Waals surface area contributed by atoms with Gasteiger partial charge >= 0.3 is 5.97 Å². The Balaban J connectivity index is 3.84. The number of carboxylic acid groups (broad SMARTS) is 1. The van der Waals surface area contributed by atoms with Crippen LogP contribution in [0.4, 0.5) is 0 Å². The van der Waals surface area contributed by atoms with Crippen molar-refractivity contribution in [3.05, 3.63) is 0 Å². The number of hydrogen-bond acceptors (Lipinski definition) is 1. The number of carbonyl (C=O) groups is 1. The summed E-state index contributed by atoms with van der Waals surface area (Å²) in [5, 5.41) is 9.61. The van der Waals surface area contributed by atoms with Crippen molar-refractivity contribution < 1.29 is 14.4 Å². The van der Waals surface area contributed by atoms with Crippen molar-refractivity contribution in [2.24, 2.45) is 5.41 Å². The van der Waals surface area contributed by atoms with Gasteiger partial charge in [-0.15, -0.1) is 0 Å². The van der Waals surface area contributed by atoms with Crippen LogP contribution in [-0.2, 0) is 4.79 Å². The molecule has 0 aliphatic carbocycles. The highest BCUT2D eigenvalue weighted by Crippen LogP contribution is 2.33. The van der Waals surface area contributed by atoms with Gasteiger partial charge in [-0.25, -0.2) is 4.79 Å². The van der Waals surface area contributed by atoms with Crippen LogP contribution < -0.4 is 0 Å². The summed E-state index contributed by atoms with van der Waals surface area (Å²) < 4.78 is 0.486. The number of aliphatic carboxylic acids is 1. The van der Waals surface area contributed by atoms with Crippen LogP contribution in [0.3, 0.4) is 0 Å². The molecule has 3 heteroatoms. The van der Waals surface area contributed by atoms with Crippen LogP contribution >= 0.6 is 0 Å². The monoisotopic (exact) mass is 342 g/mol. The van der Waals surface area contributed by atoms with Crippen molar-refractivity contribution in [2.45, 2.75) is 104 Å². The van der Waals surface area contributed by atoms with Gasteiger partial charge in [-0.05, 0) is 6.42 Å². The molecule has 1 unspecified atom stereocenters. The van der Waals surface area contributed by atoms with Gasteiger partial charge in [-0.1, -0.05) is 91.4 Å². The molecule has 0 aliphatic rings. The van der Waals surface area contributed by atoms with Crippen molar-refractivity contribution >= 4 is 5.97 Å². The van der Waals surface area contributed by atoms with Crippen molar-refractivity contribution in [2.75, 3.05) is 21.1 Å². The van der Waals surface area contributed by atoms with E-state index in [-0.39, 0.29) is 11.5 Å². The molecular weight excluding hydrogens is 298 g/mol. The molecule has 0 aromatic carbocycles. The zero-order valence-corrected chi connectivity index (χ0v) is 17.4. The molecule has 144 valence electrons. The molecule has 0 aliphatic heterocycles. The van der Waals surface area contributed by atoms with Gasteiger partial charge < -0.3 is 9.59 Å². The third-order valence-electron chi connectivity index (χ3n) is 5.17. The number of carboxylic acids is 1. The Morgan fingerprint density at radius 2 is 1.21 bits per heavy atom. The summed E-state index contributed by atoms with van der Waals surface area (Å²) in [5.41, 5.74) is -0.163. The first-order valence-electron chi connectivity index (χ1n) is 10.2. The Hall–Kier alpha value is -0.570. The molecule has 0 fully saturated rings. The zero-order chi connectivity index (χ0) is 18.6. The Morgan fingerprint density at radius 1 is 0.833 bits per heavy atom. The summed E-state index contributed by atoms with van der Waals surface area (Å²) in [6.45, 7) is 6.50. The third-order valence-corrected chi connectivity index (χ3v) is 5.17. The van der Waals surface area contributed by atoms with Crippen molar-refractivity contribution in [3.8, 4) is 0 Å². The maximum atomic E-state index is 11.7. The zero-order valence-electron chi connectivity index (χ0n) is 17.4. The van der Waals surface area contributed by atoms with E-state index in [1.165, 1.54) is 64.2 Å². The maximum Gasteiger partial charge on any atom is 0.363 e. The van der Waals surface area contributed by atoms with E-state index < -0.39 is 5.97 Å². The fourth-order valence-electron chi connectivity index (χ4n) is 4.10. The lowest BCUT2D eigenvalue weighted by atomic mass is 9.78. The molecule has 0 spiro atoms. The molecule has 0 aromatic heterocycles. The predicted octanol–water partition coefficient (Wildman–Crippen LogP) is 5.87. The van der Waals surface area contributed by atoms with Gasteiger partial charge in [0.2, 0.25) is 0 Å². The molecule has 24 heavy (non-hydrogen) atoms. The van der Waals surface area contributed by atoms with E-state index in [1.807, 2.05) is 21.1 Å². The number of quaternary nitrogens is 1. The maximum absolute atomic E-state index is 11.7. The van der Waals surface area contributed by atoms with E-state index in [0.29, 0.717) is 4.48 Å². The number of rotatable bonds is 15. The fraction of sp³-hybridized carbons (Fsp3) is 0.952. The first kappa shape index (κ1) is 23.4. The average molecular weight is 343 g/mol. The summed E-state index contributed by atoms with van der Waals surface area (Å²) in [5.74, 6) is -0.671. The molecule has 3 nitrogen and oxygen atoms in total. The second-order valence-corrected chi connectivity index (χ2v) is 9.13. The SMILES string of the molecule is CCCCCCCCCCCCCC(C)(C)C(C(=O)O)[N+](C)(C)C. The normalized spacial score (nSPS) is 13.9. The van der Waals surface area contributed by atoms with Crippen LogP contribution in [0.15, 0.2) is 0 Å². The molecule has 1 atom stereocenters. The number of hydrogen-bond donors (Lipinski definition) is 1. The van der Waals surface area contributed by atoms with Crippen LogP contribution in [-0.4, -0.2) is 42.7 Å². The van der Waals surface area contributed by atoms with E-state index in [9.17, 15) is 9.90 Å². The molecule has 0 radical (unpaired) electrons. The van der Waals surface area contributed by atoms with Crippen LogP contribution in [0.5, 0.6) is 0 Å². The minimum atomic E-state index is -0.671. The molecular formula is C21H44NO2+.